The number of benzene rings is 3. The Morgan fingerprint density at radius 2 is 1.54 bits per heavy atom. The van der Waals surface area contributed by atoms with E-state index in [4.69, 9.17) is 4.74 Å². The smallest absolute Gasteiger partial charge is 0.460 e. The van der Waals surface area contributed by atoms with Crippen LogP contribution in [0.2, 0.25) is 0 Å². The Morgan fingerprint density at radius 1 is 0.892 bits per heavy atom. The maximum Gasteiger partial charge on any atom is 0.573 e. The number of rotatable bonds is 8. The molecular formula is C28H28F3NO5. The molecule has 0 aliphatic rings. The maximum atomic E-state index is 12.4. The third kappa shape index (κ3) is 8.64. The van der Waals surface area contributed by atoms with E-state index in [-0.39, 0.29) is 24.6 Å². The molecule has 0 aliphatic heterocycles. The number of aliphatic hydroxyl groups is 1. The second-order valence-corrected chi connectivity index (χ2v) is 9.31. The maximum absolute atomic E-state index is 12.4. The van der Waals surface area contributed by atoms with E-state index in [0.717, 1.165) is 0 Å². The molecule has 0 radical (unpaired) electrons. The van der Waals surface area contributed by atoms with Gasteiger partial charge in [-0.05, 0) is 73.4 Å². The first-order valence-corrected chi connectivity index (χ1v) is 11.5. The van der Waals surface area contributed by atoms with Gasteiger partial charge in [-0.2, -0.15) is 0 Å². The van der Waals surface area contributed by atoms with Crippen LogP contribution in [0.5, 0.6) is 5.75 Å². The third-order valence-corrected chi connectivity index (χ3v) is 5.15. The first kappa shape index (κ1) is 27.7. The summed E-state index contributed by atoms with van der Waals surface area (Å²) in [6, 6.07) is 18.8. The second-order valence-electron chi connectivity index (χ2n) is 9.31. The molecule has 37 heavy (non-hydrogen) atoms. The summed E-state index contributed by atoms with van der Waals surface area (Å²) in [6.07, 6.45) is -5.70. The minimum atomic E-state index is -4.76. The van der Waals surface area contributed by atoms with Crippen molar-refractivity contribution in [2.75, 3.05) is 6.54 Å². The highest BCUT2D eigenvalue weighted by atomic mass is 19.4. The van der Waals surface area contributed by atoms with Crippen LogP contribution >= 0.6 is 0 Å². The number of esters is 1. The summed E-state index contributed by atoms with van der Waals surface area (Å²) in [6.45, 7) is 5.44. The number of aliphatic hydroxyl groups excluding tert-OH is 1. The quantitative estimate of drug-likeness (QED) is 0.371. The summed E-state index contributed by atoms with van der Waals surface area (Å²) >= 11 is 0. The predicted octanol–water partition coefficient (Wildman–Crippen LogP) is 5.80. The molecule has 3 rings (SSSR count). The number of halogens is 3. The van der Waals surface area contributed by atoms with Crippen molar-refractivity contribution in [1.29, 1.82) is 0 Å². The van der Waals surface area contributed by atoms with E-state index in [9.17, 15) is 27.9 Å². The number of alkyl halides is 3. The monoisotopic (exact) mass is 515 g/mol. The molecule has 196 valence electrons. The van der Waals surface area contributed by atoms with Gasteiger partial charge in [0, 0.05) is 12.1 Å². The SMILES string of the molecule is CC(C)(C)OC(=O)CCNC(=O)c1ccc(C(O)c2cccc(-c3ccc(OC(F)(F)F)cc3)c2)cc1. The van der Waals surface area contributed by atoms with Gasteiger partial charge in [0.15, 0.2) is 0 Å². The molecule has 0 heterocycles. The Kier molecular flexibility index (Phi) is 8.60. The summed E-state index contributed by atoms with van der Waals surface area (Å²) in [5.41, 5.74) is 2.26. The zero-order valence-corrected chi connectivity index (χ0v) is 20.6. The number of nitrogens with one attached hydrogen (secondary N) is 1. The van der Waals surface area contributed by atoms with Crippen molar-refractivity contribution in [2.24, 2.45) is 0 Å². The number of amides is 1. The second kappa shape index (κ2) is 11.5. The molecule has 3 aromatic rings. The summed E-state index contributed by atoms with van der Waals surface area (Å²) in [5, 5.41) is 13.5. The van der Waals surface area contributed by atoms with Crippen LogP contribution in [0.3, 0.4) is 0 Å². The largest absolute Gasteiger partial charge is 0.573 e. The van der Waals surface area contributed by atoms with Crippen molar-refractivity contribution in [3.05, 3.63) is 89.5 Å². The van der Waals surface area contributed by atoms with Gasteiger partial charge in [-0.15, -0.1) is 13.2 Å². The lowest BCUT2D eigenvalue weighted by atomic mass is 9.96. The normalized spacial score (nSPS) is 12.5. The summed E-state index contributed by atoms with van der Waals surface area (Å²) in [5.74, 6) is -1.08. The van der Waals surface area contributed by atoms with Crippen molar-refractivity contribution < 1.29 is 37.3 Å². The Balaban J connectivity index is 1.62. The fraction of sp³-hybridized carbons (Fsp3) is 0.286. The Bertz CT molecular complexity index is 1220. The van der Waals surface area contributed by atoms with E-state index in [2.05, 4.69) is 10.1 Å². The highest BCUT2D eigenvalue weighted by molar-refractivity contribution is 5.94. The lowest BCUT2D eigenvalue weighted by Gasteiger charge is -2.19. The van der Waals surface area contributed by atoms with Crippen molar-refractivity contribution in [1.82, 2.24) is 5.32 Å². The molecule has 3 aromatic carbocycles. The van der Waals surface area contributed by atoms with E-state index in [1.807, 2.05) is 0 Å². The van der Waals surface area contributed by atoms with Crippen molar-refractivity contribution in [2.45, 2.75) is 45.3 Å². The molecule has 2 N–H and O–H groups in total. The van der Waals surface area contributed by atoms with Crippen LogP contribution in [0.25, 0.3) is 11.1 Å². The molecule has 0 fully saturated rings. The van der Waals surface area contributed by atoms with Crippen LogP contribution in [-0.4, -0.2) is 35.5 Å². The lowest BCUT2D eigenvalue weighted by molar-refractivity contribution is -0.274. The van der Waals surface area contributed by atoms with Crippen molar-refractivity contribution in [3.63, 3.8) is 0 Å². The molecule has 1 amide bonds. The minimum Gasteiger partial charge on any atom is -0.460 e. The molecule has 0 saturated heterocycles. The predicted molar refractivity (Wildman–Crippen MR) is 132 cm³/mol. The van der Waals surface area contributed by atoms with Gasteiger partial charge in [-0.3, -0.25) is 9.59 Å². The average Bonchev–Trinajstić information content (AvgIpc) is 2.82. The fourth-order valence-corrected chi connectivity index (χ4v) is 3.52. The molecule has 0 spiro atoms. The van der Waals surface area contributed by atoms with Gasteiger partial charge in [-0.1, -0.05) is 42.5 Å². The minimum absolute atomic E-state index is 0.0498. The van der Waals surface area contributed by atoms with E-state index in [1.54, 1.807) is 69.3 Å². The van der Waals surface area contributed by atoms with E-state index in [0.29, 0.717) is 27.8 Å². The summed E-state index contributed by atoms with van der Waals surface area (Å²) in [4.78, 5) is 24.1. The van der Waals surface area contributed by atoms with Gasteiger partial charge in [0.25, 0.3) is 5.91 Å². The number of hydrogen-bond donors (Lipinski definition) is 2. The van der Waals surface area contributed by atoms with E-state index in [1.165, 1.54) is 24.3 Å². The number of hydrogen-bond acceptors (Lipinski definition) is 5. The van der Waals surface area contributed by atoms with Gasteiger partial charge < -0.3 is 19.9 Å². The topological polar surface area (TPSA) is 84.9 Å². The highest BCUT2D eigenvalue weighted by Gasteiger charge is 2.31. The molecule has 0 aromatic heterocycles. The first-order chi connectivity index (χ1) is 17.3. The van der Waals surface area contributed by atoms with Crippen LogP contribution in [0.4, 0.5) is 13.2 Å². The van der Waals surface area contributed by atoms with Crippen LogP contribution < -0.4 is 10.1 Å². The molecule has 0 saturated carbocycles. The highest BCUT2D eigenvalue weighted by Crippen LogP contribution is 2.29. The molecule has 0 aliphatic carbocycles. The molecular weight excluding hydrogens is 487 g/mol. The fourth-order valence-electron chi connectivity index (χ4n) is 3.52. The average molecular weight is 516 g/mol. The molecule has 6 nitrogen and oxygen atoms in total. The number of carbonyl (C=O) groups is 2. The zero-order chi connectivity index (χ0) is 27.2. The Hall–Kier alpha value is -3.85. The van der Waals surface area contributed by atoms with E-state index >= 15 is 0 Å². The van der Waals surface area contributed by atoms with Crippen molar-refractivity contribution >= 4 is 11.9 Å². The number of carbonyl (C=O) groups excluding carboxylic acids is 2. The van der Waals surface area contributed by atoms with Crippen LogP contribution in [-0.2, 0) is 9.53 Å². The zero-order valence-electron chi connectivity index (χ0n) is 20.6. The number of ether oxygens (including phenoxy) is 2. The third-order valence-electron chi connectivity index (χ3n) is 5.15. The lowest BCUT2D eigenvalue weighted by Crippen LogP contribution is -2.29. The van der Waals surface area contributed by atoms with Crippen molar-refractivity contribution in [3.8, 4) is 16.9 Å². The van der Waals surface area contributed by atoms with Gasteiger partial charge in [-0.25, -0.2) is 0 Å². The molecule has 1 unspecified atom stereocenters. The molecule has 0 bridgehead atoms. The van der Waals surface area contributed by atoms with Crippen LogP contribution in [0, 0.1) is 0 Å². The molecule has 1 atom stereocenters. The van der Waals surface area contributed by atoms with E-state index < -0.39 is 24.0 Å². The van der Waals surface area contributed by atoms with Crippen LogP contribution in [0.15, 0.2) is 72.8 Å². The molecule has 9 heteroatoms. The van der Waals surface area contributed by atoms with Gasteiger partial charge >= 0.3 is 12.3 Å². The van der Waals surface area contributed by atoms with Gasteiger partial charge in [0.1, 0.15) is 17.5 Å². The van der Waals surface area contributed by atoms with Crippen LogP contribution in [0.1, 0.15) is 54.8 Å². The first-order valence-electron chi connectivity index (χ1n) is 11.5. The summed E-state index contributed by atoms with van der Waals surface area (Å²) in [7, 11) is 0. The standard InChI is InChI=1S/C28H28F3NO5/c1-27(2,3)37-24(33)15-16-32-26(35)20-9-7-19(8-10-20)25(34)22-6-4-5-21(17-22)18-11-13-23(14-12-18)36-28(29,30)31/h4-14,17,25,34H,15-16H2,1-3H3,(H,32,35). The van der Waals surface area contributed by atoms with Gasteiger partial charge in [0.05, 0.1) is 6.42 Å². The Labute approximate surface area is 213 Å². The Morgan fingerprint density at radius 3 is 2.14 bits per heavy atom. The summed E-state index contributed by atoms with van der Waals surface area (Å²) < 4.78 is 46.2. The van der Waals surface area contributed by atoms with Gasteiger partial charge in [0.2, 0.25) is 0 Å².